The summed E-state index contributed by atoms with van der Waals surface area (Å²) in [7, 11) is 0. The first-order chi connectivity index (χ1) is 28.7. The highest BCUT2D eigenvalue weighted by Crippen LogP contribution is 2.39. The minimum absolute atomic E-state index is 0.876. The van der Waals surface area contributed by atoms with Gasteiger partial charge in [0.25, 0.3) is 0 Å². The van der Waals surface area contributed by atoms with Crippen LogP contribution in [-0.4, -0.2) is 9.97 Å². The third-order valence-electron chi connectivity index (χ3n) is 12.0. The summed E-state index contributed by atoms with van der Waals surface area (Å²) in [6, 6.07) is 59.3. The van der Waals surface area contributed by atoms with Crippen molar-refractivity contribution in [3.8, 4) is 33.4 Å². The molecule has 9 aromatic carbocycles. The van der Waals surface area contributed by atoms with Gasteiger partial charge in [-0.25, -0.2) is 0 Å². The maximum absolute atomic E-state index is 6.36. The number of benzene rings is 9. The SMILES string of the molecule is C1=Cc2cc(-c3cccc(-c4ccc5c(c4)c4ccccc4c4nccnc54)c3)ccc2CC=C1c1ccc2cc(-c3cccc4c3oc3ccccc34)ccc2c1. The highest BCUT2D eigenvalue weighted by atomic mass is 16.3. The van der Waals surface area contributed by atoms with Gasteiger partial charge in [0.1, 0.15) is 11.2 Å². The average Bonchev–Trinajstić information content (AvgIpc) is 3.54. The summed E-state index contributed by atoms with van der Waals surface area (Å²) in [4.78, 5) is 9.44. The van der Waals surface area contributed by atoms with E-state index in [1.54, 1.807) is 12.4 Å². The molecular formula is C55H34N2O. The molecule has 0 saturated carbocycles. The summed E-state index contributed by atoms with van der Waals surface area (Å²) in [6.45, 7) is 0. The van der Waals surface area contributed by atoms with Gasteiger partial charge in [0.05, 0.1) is 11.0 Å². The zero-order valence-electron chi connectivity index (χ0n) is 31.5. The number of hydrogen-bond acceptors (Lipinski definition) is 3. The molecule has 0 N–H and O–H groups in total. The van der Waals surface area contributed by atoms with E-state index in [0.29, 0.717) is 0 Å². The van der Waals surface area contributed by atoms with E-state index in [2.05, 4.69) is 170 Å². The summed E-state index contributed by atoms with van der Waals surface area (Å²) in [6.07, 6.45) is 11.4. The minimum Gasteiger partial charge on any atom is -0.455 e. The molecule has 2 aromatic heterocycles. The van der Waals surface area contributed by atoms with Crippen molar-refractivity contribution in [1.29, 1.82) is 0 Å². The summed E-state index contributed by atoms with van der Waals surface area (Å²) < 4.78 is 6.36. The van der Waals surface area contributed by atoms with Crippen LogP contribution in [0, 0.1) is 0 Å². The number of nitrogens with zero attached hydrogens (tertiary/aromatic N) is 2. The third-order valence-corrected chi connectivity index (χ3v) is 12.0. The van der Waals surface area contributed by atoms with Gasteiger partial charge in [-0.2, -0.15) is 0 Å². The smallest absolute Gasteiger partial charge is 0.143 e. The van der Waals surface area contributed by atoms with Crippen molar-refractivity contribution in [3.05, 3.63) is 205 Å². The fourth-order valence-electron chi connectivity index (χ4n) is 9.05. The van der Waals surface area contributed by atoms with E-state index in [-0.39, 0.29) is 0 Å². The molecule has 0 unspecified atom stereocenters. The van der Waals surface area contributed by atoms with E-state index in [0.717, 1.165) is 61.3 Å². The van der Waals surface area contributed by atoms with Gasteiger partial charge in [-0.15, -0.1) is 0 Å². The molecule has 2 heterocycles. The molecule has 0 saturated heterocycles. The highest BCUT2D eigenvalue weighted by molar-refractivity contribution is 6.23. The molecule has 11 aromatic rings. The molecule has 0 spiro atoms. The molecule has 0 amide bonds. The molecule has 0 radical (unpaired) electrons. The zero-order valence-corrected chi connectivity index (χ0v) is 31.5. The molecule has 1 aliphatic rings. The quantitative estimate of drug-likeness (QED) is 0.169. The predicted octanol–water partition coefficient (Wildman–Crippen LogP) is 14.6. The van der Waals surface area contributed by atoms with Crippen LogP contribution >= 0.6 is 0 Å². The second-order valence-corrected chi connectivity index (χ2v) is 15.3. The number of hydrogen-bond donors (Lipinski definition) is 0. The van der Waals surface area contributed by atoms with Crippen LogP contribution in [0.5, 0.6) is 0 Å². The maximum Gasteiger partial charge on any atom is 0.143 e. The second kappa shape index (κ2) is 13.0. The Kier molecular flexibility index (Phi) is 7.29. The standard InChI is InChI=1S/C55H34N2O/c1-2-11-48-46(9-1)51-33-43(25-26-49(51)54-53(48)56-27-28-57-54)37-8-5-7-36(29-37)40-20-18-35-16-15-34(17-19-38(35)30-40)39-21-22-42-32-44(24-23-41(42)31-39)45-12-6-13-50-47-10-3-4-14-52(47)58-55(45)50/h1-15,17-33H,16H2. The first kappa shape index (κ1) is 32.6. The largest absolute Gasteiger partial charge is 0.455 e. The van der Waals surface area contributed by atoms with Crippen molar-refractivity contribution in [1.82, 2.24) is 9.97 Å². The van der Waals surface area contributed by atoms with Crippen LogP contribution < -0.4 is 0 Å². The Balaban J connectivity index is 0.840. The van der Waals surface area contributed by atoms with Gasteiger partial charge in [-0.1, -0.05) is 146 Å². The van der Waals surface area contributed by atoms with Crippen LogP contribution in [0.4, 0.5) is 0 Å². The van der Waals surface area contributed by atoms with Crippen LogP contribution in [0.25, 0.3) is 110 Å². The number of rotatable bonds is 4. The summed E-state index contributed by atoms with van der Waals surface area (Å²) in [5.74, 6) is 0. The van der Waals surface area contributed by atoms with Crippen molar-refractivity contribution < 1.29 is 4.42 Å². The zero-order chi connectivity index (χ0) is 38.2. The van der Waals surface area contributed by atoms with E-state index >= 15 is 0 Å². The van der Waals surface area contributed by atoms with Crippen LogP contribution in [-0.2, 0) is 6.42 Å². The molecule has 0 atom stereocenters. The molecule has 270 valence electrons. The lowest BCUT2D eigenvalue weighted by molar-refractivity contribution is 0.670. The second-order valence-electron chi connectivity index (χ2n) is 15.3. The molecule has 3 heteroatoms. The van der Waals surface area contributed by atoms with E-state index in [9.17, 15) is 0 Å². The summed E-state index contributed by atoms with van der Waals surface area (Å²) >= 11 is 0. The first-order valence-electron chi connectivity index (χ1n) is 19.8. The van der Waals surface area contributed by atoms with E-state index < -0.39 is 0 Å². The van der Waals surface area contributed by atoms with Crippen molar-refractivity contribution >= 4 is 76.9 Å². The summed E-state index contributed by atoms with van der Waals surface area (Å²) in [5, 5.41) is 9.37. The van der Waals surface area contributed by atoms with Crippen LogP contribution in [0.1, 0.15) is 16.7 Å². The molecule has 0 fully saturated rings. The Bertz CT molecular complexity index is 3510. The van der Waals surface area contributed by atoms with Crippen LogP contribution in [0.15, 0.2) is 193 Å². The van der Waals surface area contributed by atoms with E-state index in [1.165, 1.54) is 66.1 Å². The third kappa shape index (κ3) is 5.28. The maximum atomic E-state index is 6.36. The number of fused-ring (bicyclic) bond motifs is 11. The number of aromatic nitrogens is 2. The topological polar surface area (TPSA) is 38.9 Å². The fourth-order valence-corrected chi connectivity index (χ4v) is 9.05. The van der Waals surface area contributed by atoms with Gasteiger partial charge in [-0.05, 0) is 114 Å². The minimum atomic E-state index is 0.876. The van der Waals surface area contributed by atoms with Crippen LogP contribution in [0.3, 0.4) is 0 Å². The van der Waals surface area contributed by atoms with Crippen molar-refractivity contribution in [2.24, 2.45) is 0 Å². The normalized spacial score (nSPS) is 12.8. The molecule has 3 nitrogen and oxygen atoms in total. The predicted molar refractivity (Wildman–Crippen MR) is 243 cm³/mol. The molecule has 0 bridgehead atoms. The summed E-state index contributed by atoms with van der Waals surface area (Å²) in [5.41, 5.74) is 15.8. The number of para-hydroxylation sites is 2. The lowest BCUT2D eigenvalue weighted by Crippen LogP contribution is -1.90. The molecule has 1 aliphatic carbocycles. The highest BCUT2D eigenvalue weighted by Gasteiger charge is 2.15. The Morgan fingerprint density at radius 1 is 0.414 bits per heavy atom. The van der Waals surface area contributed by atoms with Gasteiger partial charge >= 0.3 is 0 Å². The molecule has 0 aliphatic heterocycles. The number of furan rings is 1. The number of allylic oxidation sites excluding steroid dienone is 3. The van der Waals surface area contributed by atoms with Gasteiger partial charge in [0, 0.05) is 39.5 Å². The lowest BCUT2D eigenvalue weighted by atomic mass is 9.93. The Morgan fingerprint density at radius 2 is 1.05 bits per heavy atom. The van der Waals surface area contributed by atoms with Crippen molar-refractivity contribution in [2.45, 2.75) is 6.42 Å². The van der Waals surface area contributed by atoms with Crippen LogP contribution in [0.2, 0.25) is 0 Å². The first-order valence-corrected chi connectivity index (χ1v) is 19.8. The monoisotopic (exact) mass is 738 g/mol. The Labute approximate surface area is 334 Å². The Hall–Kier alpha value is -7.62. The molecule has 58 heavy (non-hydrogen) atoms. The van der Waals surface area contributed by atoms with Crippen molar-refractivity contribution in [2.75, 3.05) is 0 Å². The fraction of sp³-hybridized carbons (Fsp3) is 0.0182. The van der Waals surface area contributed by atoms with Gasteiger partial charge in [0.2, 0.25) is 0 Å². The van der Waals surface area contributed by atoms with Gasteiger partial charge < -0.3 is 4.42 Å². The van der Waals surface area contributed by atoms with E-state index in [1.807, 2.05) is 12.1 Å². The van der Waals surface area contributed by atoms with Gasteiger partial charge in [-0.3, -0.25) is 9.97 Å². The van der Waals surface area contributed by atoms with E-state index in [4.69, 9.17) is 14.4 Å². The molecular weight excluding hydrogens is 705 g/mol. The Morgan fingerprint density at radius 3 is 1.90 bits per heavy atom. The van der Waals surface area contributed by atoms with Crippen molar-refractivity contribution in [3.63, 3.8) is 0 Å². The average molecular weight is 739 g/mol. The molecule has 12 rings (SSSR count). The van der Waals surface area contributed by atoms with Gasteiger partial charge in [0.15, 0.2) is 0 Å². The lowest BCUT2D eigenvalue weighted by Gasteiger charge is -2.12.